The van der Waals surface area contributed by atoms with E-state index in [1.807, 2.05) is 36.4 Å². The number of furan rings is 3. The summed E-state index contributed by atoms with van der Waals surface area (Å²) in [6.07, 6.45) is 4.99. The van der Waals surface area contributed by atoms with Crippen LogP contribution in [0.15, 0.2) is 68.4 Å². The monoisotopic (exact) mass is 338 g/mol. The number of hydrogen-bond donors (Lipinski definition) is 0. The van der Waals surface area contributed by atoms with Crippen LogP contribution in [0.2, 0.25) is 0 Å². The molecule has 0 N–H and O–H groups in total. The predicted octanol–water partition coefficient (Wildman–Crippen LogP) is 2.22. The Hall–Kier alpha value is -1.07. The number of hydrogen-bond acceptors (Lipinski definition) is 3. The van der Waals surface area contributed by atoms with Gasteiger partial charge < -0.3 is 13.3 Å². The fourth-order valence-electron chi connectivity index (χ4n) is 1.52. The zero-order chi connectivity index (χ0) is 10.8. The molecule has 0 aliphatic rings. The molecule has 3 nitrogen and oxygen atoms in total. The van der Waals surface area contributed by atoms with Crippen LogP contribution in [0.5, 0.6) is 0 Å². The van der Waals surface area contributed by atoms with Crippen molar-refractivity contribution < 1.29 is 33.7 Å². The maximum Gasteiger partial charge on any atom is 2.00 e. The van der Waals surface area contributed by atoms with Gasteiger partial charge in [-0.15, -0.1) is 0 Å². The van der Waals surface area contributed by atoms with Crippen LogP contribution >= 0.6 is 7.92 Å². The molecule has 0 unspecified atom stereocenters. The van der Waals surface area contributed by atoms with Gasteiger partial charge in [0.2, 0.25) is 0 Å². The maximum absolute atomic E-state index is 5.45. The maximum atomic E-state index is 5.45. The minimum Gasteiger partial charge on any atom is -0.464 e. The Balaban J connectivity index is 0.00000108. The molecule has 0 radical (unpaired) electrons. The molecule has 3 heterocycles. The fraction of sp³-hybridized carbons (Fsp3) is 0. The smallest absolute Gasteiger partial charge is 0.464 e. The Labute approximate surface area is 113 Å². The topological polar surface area (TPSA) is 39.4 Å². The molecule has 0 aliphatic carbocycles. The fourth-order valence-corrected chi connectivity index (χ4v) is 3.37. The van der Waals surface area contributed by atoms with Gasteiger partial charge in [-0.2, -0.15) is 0 Å². The summed E-state index contributed by atoms with van der Waals surface area (Å²) in [6.45, 7) is 0. The number of rotatable bonds is 3. The predicted molar refractivity (Wildman–Crippen MR) is 61.9 cm³/mol. The van der Waals surface area contributed by atoms with Crippen molar-refractivity contribution in [3.63, 3.8) is 0 Å². The molecule has 0 amide bonds. The van der Waals surface area contributed by atoms with Crippen molar-refractivity contribution in [2.75, 3.05) is 0 Å². The van der Waals surface area contributed by atoms with Crippen molar-refractivity contribution in [2.45, 2.75) is 0 Å². The molecule has 0 aromatic carbocycles. The Morgan fingerprint density at radius 1 is 0.647 bits per heavy atom. The van der Waals surface area contributed by atoms with E-state index in [0.717, 1.165) is 16.5 Å². The first-order valence-corrected chi connectivity index (χ1v) is 6.20. The van der Waals surface area contributed by atoms with Crippen LogP contribution in [0.3, 0.4) is 0 Å². The molecule has 0 spiro atoms. The van der Waals surface area contributed by atoms with Gasteiger partial charge in [0.15, 0.2) is 0 Å². The van der Waals surface area contributed by atoms with Gasteiger partial charge in [-0.25, -0.2) is 0 Å². The van der Waals surface area contributed by atoms with E-state index in [4.69, 9.17) is 13.3 Å². The van der Waals surface area contributed by atoms with E-state index in [1.165, 1.54) is 0 Å². The second-order valence-corrected chi connectivity index (χ2v) is 5.18. The van der Waals surface area contributed by atoms with Crippen molar-refractivity contribution in [3.8, 4) is 0 Å². The largest absolute Gasteiger partial charge is 2.00 e. The Bertz CT molecular complexity index is 447. The van der Waals surface area contributed by atoms with Crippen LogP contribution in [0.4, 0.5) is 0 Å². The van der Waals surface area contributed by atoms with Crippen molar-refractivity contribution >= 4 is 24.4 Å². The van der Waals surface area contributed by atoms with Gasteiger partial charge in [-0.1, -0.05) is 0 Å². The summed E-state index contributed by atoms with van der Waals surface area (Å²) < 4.78 is 16.4. The summed E-state index contributed by atoms with van der Waals surface area (Å²) in [5.41, 5.74) is 2.62. The third kappa shape index (κ3) is 2.45. The molecule has 0 bridgehead atoms. The SMILES string of the molecule is [Pd+2].c1coc(P(c2ccco2)c2ccco2)c1. The third-order valence-corrected chi connectivity index (χ3v) is 4.27. The molecule has 0 atom stereocenters. The van der Waals surface area contributed by atoms with E-state index in [0.29, 0.717) is 0 Å². The van der Waals surface area contributed by atoms with E-state index in [9.17, 15) is 0 Å². The molecule has 88 valence electrons. The van der Waals surface area contributed by atoms with Gasteiger partial charge in [-0.3, -0.25) is 0 Å². The minimum atomic E-state index is -0.835. The van der Waals surface area contributed by atoms with E-state index in [-0.39, 0.29) is 20.4 Å². The molecular weight excluding hydrogens is 330 g/mol. The standard InChI is InChI=1S/C12H9O3P.Pd/c1-4-10(13-7-1)16(11-5-2-8-14-11)12-6-3-9-15-12;/h1-9H;/q;+2. The Morgan fingerprint density at radius 2 is 1.00 bits per heavy atom. The van der Waals surface area contributed by atoms with Crippen molar-refractivity contribution in [2.24, 2.45) is 0 Å². The Morgan fingerprint density at radius 3 is 1.24 bits per heavy atom. The molecule has 3 aromatic heterocycles. The van der Waals surface area contributed by atoms with Gasteiger partial charge in [0, 0.05) is 0 Å². The van der Waals surface area contributed by atoms with Gasteiger partial charge in [0.1, 0.15) is 24.4 Å². The van der Waals surface area contributed by atoms with Crippen molar-refractivity contribution in [1.82, 2.24) is 0 Å². The molecule has 17 heavy (non-hydrogen) atoms. The van der Waals surface area contributed by atoms with E-state index in [1.54, 1.807) is 18.8 Å². The average Bonchev–Trinajstić information content (AvgIpc) is 3.02. The van der Waals surface area contributed by atoms with E-state index >= 15 is 0 Å². The quantitative estimate of drug-likeness (QED) is 0.543. The summed E-state index contributed by atoms with van der Waals surface area (Å²) in [7, 11) is -0.835. The van der Waals surface area contributed by atoms with Gasteiger partial charge >= 0.3 is 20.4 Å². The molecule has 3 rings (SSSR count). The normalized spacial score (nSPS) is 10.4. The zero-order valence-electron chi connectivity index (χ0n) is 8.68. The van der Waals surface area contributed by atoms with Gasteiger partial charge in [-0.05, 0) is 36.4 Å². The van der Waals surface area contributed by atoms with Crippen molar-refractivity contribution in [3.05, 3.63) is 55.2 Å². The van der Waals surface area contributed by atoms with Gasteiger partial charge in [0.25, 0.3) is 0 Å². The molecule has 0 fully saturated rings. The van der Waals surface area contributed by atoms with E-state index < -0.39 is 7.92 Å². The second-order valence-electron chi connectivity index (χ2n) is 3.19. The van der Waals surface area contributed by atoms with Crippen molar-refractivity contribution in [1.29, 1.82) is 0 Å². The molecule has 5 heteroatoms. The Kier molecular flexibility index (Phi) is 4.02. The van der Waals surface area contributed by atoms with Gasteiger partial charge in [0.05, 0.1) is 18.8 Å². The molecule has 0 saturated carbocycles. The van der Waals surface area contributed by atoms with Crippen LogP contribution < -0.4 is 16.5 Å². The first-order chi connectivity index (χ1) is 7.95. The molecule has 0 aliphatic heterocycles. The van der Waals surface area contributed by atoms with Crippen LogP contribution in [0, 0.1) is 0 Å². The van der Waals surface area contributed by atoms with Crippen LogP contribution in [0.1, 0.15) is 0 Å². The van der Waals surface area contributed by atoms with Crippen LogP contribution in [-0.2, 0) is 20.4 Å². The van der Waals surface area contributed by atoms with E-state index in [2.05, 4.69) is 0 Å². The van der Waals surface area contributed by atoms with Crippen LogP contribution in [0.25, 0.3) is 0 Å². The summed E-state index contributed by atoms with van der Waals surface area (Å²) in [5.74, 6) is 0. The summed E-state index contributed by atoms with van der Waals surface area (Å²) in [6, 6.07) is 11.4. The molecular formula is C12H9O3PPd+2. The molecule has 3 aromatic rings. The van der Waals surface area contributed by atoms with Crippen LogP contribution in [-0.4, -0.2) is 0 Å². The summed E-state index contributed by atoms with van der Waals surface area (Å²) in [5, 5.41) is 0. The second kappa shape index (κ2) is 5.51. The first-order valence-electron chi connectivity index (χ1n) is 4.86. The summed E-state index contributed by atoms with van der Waals surface area (Å²) >= 11 is 0. The first kappa shape index (κ1) is 12.4. The third-order valence-electron chi connectivity index (χ3n) is 2.18. The zero-order valence-corrected chi connectivity index (χ0v) is 11.1. The molecule has 0 saturated heterocycles. The average molecular weight is 339 g/mol. The minimum absolute atomic E-state index is 0. The summed E-state index contributed by atoms with van der Waals surface area (Å²) in [4.78, 5) is 0.